The summed E-state index contributed by atoms with van der Waals surface area (Å²) in [6.07, 6.45) is 2.92. The highest BCUT2D eigenvalue weighted by Crippen LogP contribution is 2.29. The minimum absolute atomic E-state index is 0.0394. The molecule has 0 aliphatic carbocycles. The molecule has 152 valence electrons. The molecule has 2 aromatic carbocycles. The van der Waals surface area contributed by atoms with E-state index in [0.29, 0.717) is 30.3 Å². The standard InChI is InChI=1S/C22H25N3O3S/c1-2-28-17-12-13-18-19(15-17)29-22(24-18)25-20(26)11-7-4-8-14-23-21(27)16-9-5-3-6-10-16/h3,5-6,9-10,12-13,15H,2,4,7-8,11,14H2,1H3,(H,23,27)(H,24,25,26). The number of carbonyl (C=O) groups is 2. The first-order valence-electron chi connectivity index (χ1n) is 9.82. The highest BCUT2D eigenvalue weighted by atomic mass is 32.1. The maximum Gasteiger partial charge on any atom is 0.251 e. The lowest BCUT2D eigenvalue weighted by atomic mass is 10.1. The van der Waals surface area contributed by atoms with Gasteiger partial charge in [0, 0.05) is 18.5 Å². The largest absolute Gasteiger partial charge is 0.494 e. The lowest BCUT2D eigenvalue weighted by Crippen LogP contribution is -2.24. The molecule has 1 aromatic heterocycles. The normalized spacial score (nSPS) is 10.7. The maximum atomic E-state index is 12.1. The fourth-order valence-corrected chi connectivity index (χ4v) is 3.79. The van der Waals surface area contributed by atoms with Crippen LogP contribution < -0.4 is 15.4 Å². The Morgan fingerprint density at radius 3 is 2.69 bits per heavy atom. The van der Waals surface area contributed by atoms with Crippen LogP contribution in [0.3, 0.4) is 0 Å². The van der Waals surface area contributed by atoms with Gasteiger partial charge in [-0.05, 0) is 50.1 Å². The predicted molar refractivity (Wildman–Crippen MR) is 117 cm³/mol. The van der Waals surface area contributed by atoms with E-state index in [1.54, 1.807) is 12.1 Å². The number of rotatable bonds is 10. The van der Waals surface area contributed by atoms with Crippen LogP contribution >= 0.6 is 11.3 Å². The van der Waals surface area contributed by atoms with Gasteiger partial charge < -0.3 is 15.4 Å². The highest BCUT2D eigenvalue weighted by Gasteiger charge is 2.09. The first-order valence-corrected chi connectivity index (χ1v) is 10.6. The molecule has 0 bridgehead atoms. The van der Waals surface area contributed by atoms with Crippen LogP contribution in [0.15, 0.2) is 48.5 Å². The van der Waals surface area contributed by atoms with Gasteiger partial charge in [0.05, 0.1) is 16.8 Å². The van der Waals surface area contributed by atoms with Gasteiger partial charge in [-0.15, -0.1) is 0 Å². The molecule has 0 fully saturated rings. The molecule has 2 amide bonds. The lowest BCUT2D eigenvalue weighted by Gasteiger charge is -2.05. The van der Waals surface area contributed by atoms with Crippen LogP contribution in [0.5, 0.6) is 5.75 Å². The number of aromatic nitrogens is 1. The van der Waals surface area contributed by atoms with Crippen LogP contribution in [-0.4, -0.2) is 29.9 Å². The fraction of sp³-hybridized carbons (Fsp3) is 0.318. The Bertz CT molecular complexity index is 956. The zero-order valence-electron chi connectivity index (χ0n) is 16.4. The molecule has 7 heteroatoms. The number of unbranched alkanes of at least 4 members (excludes halogenated alkanes) is 2. The van der Waals surface area contributed by atoms with Gasteiger partial charge in [-0.2, -0.15) is 0 Å². The highest BCUT2D eigenvalue weighted by molar-refractivity contribution is 7.22. The zero-order chi connectivity index (χ0) is 20.5. The molecule has 0 aliphatic heterocycles. The molecule has 0 saturated heterocycles. The Morgan fingerprint density at radius 1 is 1.07 bits per heavy atom. The summed E-state index contributed by atoms with van der Waals surface area (Å²) in [7, 11) is 0. The molecule has 1 heterocycles. The third kappa shape index (κ3) is 6.29. The van der Waals surface area contributed by atoms with Gasteiger partial charge in [0.25, 0.3) is 5.91 Å². The van der Waals surface area contributed by atoms with Crippen molar-refractivity contribution < 1.29 is 14.3 Å². The number of hydrogen-bond donors (Lipinski definition) is 2. The van der Waals surface area contributed by atoms with Crippen molar-refractivity contribution in [2.75, 3.05) is 18.5 Å². The van der Waals surface area contributed by atoms with Gasteiger partial charge in [-0.25, -0.2) is 4.98 Å². The van der Waals surface area contributed by atoms with Crippen LogP contribution in [0.25, 0.3) is 10.2 Å². The van der Waals surface area contributed by atoms with Gasteiger partial charge in [-0.1, -0.05) is 36.0 Å². The summed E-state index contributed by atoms with van der Waals surface area (Å²) in [6.45, 7) is 3.17. The second-order valence-corrected chi connectivity index (χ2v) is 7.59. The molecule has 0 saturated carbocycles. The first-order chi connectivity index (χ1) is 14.2. The van der Waals surface area contributed by atoms with Crippen molar-refractivity contribution in [1.29, 1.82) is 0 Å². The van der Waals surface area contributed by atoms with E-state index in [9.17, 15) is 9.59 Å². The number of thiazole rings is 1. The number of ether oxygens (including phenoxy) is 1. The number of anilines is 1. The monoisotopic (exact) mass is 411 g/mol. The van der Waals surface area contributed by atoms with E-state index in [2.05, 4.69) is 15.6 Å². The Morgan fingerprint density at radius 2 is 1.90 bits per heavy atom. The number of nitrogens with one attached hydrogen (secondary N) is 2. The minimum atomic E-state index is -0.0633. The molecule has 29 heavy (non-hydrogen) atoms. The number of hydrogen-bond acceptors (Lipinski definition) is 5. The summed E-state index contributed by atoms with van der Waals surface area (Å²) in [5.74, 6) is 0.704. The average molecular weight is 412 g/mol. The molecule has 2 N–H and O–H groups in total. The van der Waals surface area contributed by atoms with Gasteiger partial charge in [0.15, 0.2) is 5.13 Å². The molecule has 6 nitrogen and oxygen atoms in total. The molecule has 0 unspecified atom stereocenters. The van der Waals surface area contributed by atoms with Crippen molar-refractivity contribution in [3.8, 4) is 5.75 Å². The second kappa shape index (κ2) is 10.6. The smallest absolute Gasteiger partial charge is 0.251 e. The van der Waals surface area contributed by atoms with Gasteiger partial charge in [0.2, 0.25) is 5.91 Å². The Hall–Kier alpha value is -2.93. The zero-order valence-corrected chi connectivity index (χ0v) is 17.3. The van der Waals surface area contributed by atoms with Crippen molar-refractivity contribution in [1.82, 2.24) is 10.3 Å². The Kier molecular flexibility index (Phi) is 7.58. The van der Waals surface area contributed by atoms with Crippen molar-refractivity contribution >= 4 is 38.5 Å². The minimum Gasteiger partial charge on any atom is -0.494 e. The third-order valence-corrected chi connectivity index (χ3v) is 5.25. The van der Waals surface area contributed by atoms with Crippen LogP contribution in [0, 0.1) is 0 Å². The van der Waals surface area contributed by atoms with Crippen LogP contribution in [0.1, 0.15) is 43.0 Å². The number of amides is 2. The summed E-state index contributed by atoms with van der Waals surface area (Å²) < 4.78 is 6.48. The van der Waals surface area contributed by atoms with E-state index >= 15 is 0 Å². The second-order valence-electron chi connectivity index (χ2n) is 6.56. The van der Waals surface area contributed by atoms with Gasteiger partial charge in [0.1, 0.15) is 5.75 Å². The summed E-state index contributed by atoms with van der Waals surface area (Å²) in [6, 6.07) is 14.9. The quantitative estimate of drug-likeness (QED) is 0.477. The molecule has 3 aromatic rings. The van der Waals surface area contributed by atoms with E-state index in [1.165, 1.54) is 11.3 Å². The summed E-state index contributed by atoms with van der Waals surface area (Å²) in [4.78, 5) is 28.5. The van der Waals surface area contributed by atoms with Gasteiger partial charge >= 0.3 is 0 Å². The SMILES string of the molecule is CCOc1ccc2nc(NC(=O)CCCCCNC(=O)c3ccccc3)sc2c1. The maximum absolute atomic E-state index is 12.1. The number of nitrogens with zero attached hydrogens (tertiary/aromatic N) is 1. The molecular weight excluding hydrogens is 386 g/mol. The van der Waals surface area contributed by atoms with Gasteiger partial charge in [-0.3, -0.25) is 9.59 Å². The number of fused-ring (bicyclic) bond motifs is 1. The summed E-state index contributed by atoms with van der Waals surface area (Å²) >= 11 is 1.44. The summed E-state index contributed by atoms with van der Waals surface area (Å²) in [5, 5.41) is 6.37. The van der Waals surface area contributed by atoms with Crippen molar-refractivity contribution in [2.45, 2.75) is 32.6 Å². The van der Waals surface area contributed by atoms with Crippen LogP contribution in [-0.2, 0) is 4.79 Å². The summed E-state index contributed by atoms with van der Waals surface area (Å²) in [5.41, 5.74) is 1.51. The van der Waals surface area contributed by atoms with Crippen molar-refractivity contribution in [3.05, 3.63) is 54.1 Å². The molecule has 0 radical (unpaired) electrons. The van der Waals surface area contributed by atoms with E-state index in [1.807, 2.05) is 43.3 Å². The Labute approximate surface area is 174 Å². The van der Waals surface area contributed by atoms with Crippen molar-refractivity contribution in [3.63, 3.8) is 0 Å². The van der Waals surface area contributed by atoms with Crippen LogP contribution in [0.4, 0.5) is 5.13 Å². The lowest BCUT2D eigenvalue weighted by molar-refractivity contribution is -0.116. The van der Waals surface area contributed by atoms with E-state index in [-0.39, 0.29) is 11.8 Å². The Balaban J connectivity index is 1.35. The predicted octanol–water partition coefficient (Wildman–Crippen LogP) is 4.62. The number of benzene rings is 2. The first kappa shape index (κ1) is 20.8. The molecule has 0 atom stereocenters. The molecule has 3 rings (SSSR count). The molecular formula is C22H25N3O3S. The van der Waals surface area contributed by atoms with E-state index in [4.69, 9.17) is 4.74 Å². The van der Waals surface area contributed by atoms with E-state index in [0.717, 1.165) is 35.2 Å². The third-order valence-electron chi connectivity index (χ3n) is 4.32. The van der Waals surface area contributed by atoms with E-state index < -0.39 is 0 Å². The average Bonchev–Trinajstić information content (AvgIpc) is 3.12. The number of carbonyl (C=O) groups excluding carboxylic acids is 2. The topological polar surface area (TPSA) is 80.3 Å². The molecule has 0 aliphatic rings. The molecule has 0 spiro atoms. The van der Waals surface area contributed by atoms with Crippen molar-refractivity contribution in [2.24, 2.45) is 0 Å². The fourth-order valence-electron chi connectivity index (χ4n) is 2.88. The van der Waals surface area contributed by atoms with Crippen LogP contribution in [0.2, 0.25) is 0 Å².